The van der Waals surface area contributed by atoms with Gasteiger partial charge in [-0.25, -0.2) is 0 Å². The minimum Gasteiger partial charge on any atom is -0.497 e. The van der Waals surface area contributed by atoms with Gasteiger partial charge in [0.05, 0.1) is 13.3 Å². The Morgan fingerprint density at radius 1 is 1.19 bits per heavy atom. The fraction of sp³-hybridized carbons (Fsp3) is 0.524. The Bertz CT molecular complexity index is 786. The van der Waals surface area contributed by atoms with Gasteiger partial charge >= 0.3 is 0 Å². The maximum atomic E-state index is 12.9. The van der Waals surface area contributed by atoms with E-state index < -0.39 is 0 Å². The molecular formula is C21H28N4O2. The van der Waals surface area contributed by atoms with Crippen molar-refractivity contribution in [3.63, 3.8) is 0 Å². The van der Waals surface area contributed by atoms with Gasteiger partial charge in [-0.1, -0.05) is 12.1 Å². The molecule has 2 atom stereocenters. The zero-order valence-corrected chi connectivity index (χ0v) is 16.2. The van der Waals surface area contributed by atoms with Crippen LogP contribution in [0.1, 0.15) is 24.0 Å². The lowest BCUT2D eigenvalue weighted by Crippen LogP contribution is -2.48. The minimum atomic E-state index is 0.194. The number of aromatic nitrogens is 2. The van der Waals surface area contributed by atoms with E-state index >= 15 is 0 Å². The van der Waals surface area contributed by atoms with Crippen LogP contribution in [0.25, 0.3) is 0 Å². The fourth-order valence-corrected chi connectivity index (χ4v) is 4.39. The Kier molecular flexibility index (Phi) is 5.16. The van der Waals surface area contributed by atoms with Crippen molar-refractivity contribution in [1.29, 1.82) is 0 Å². The van der Waals surface area contributed by atoms with Crippen molar-refractivity contribution in [2.75, 3.05) is 26.7 Å². The molecule has 1 aromatic carbocycles. The maximum absolute atomic E-state index is 12.9. The van der Waals surface area contributed by atoms with Crippen molar-refractivity contribution in [3.05, 3.63) is 47.8 Å². The SMILES string of the molecule is COc1ccc(CN2C[C@@H]3CC[C@H](C2)N(C(=O)Cn2cc(C)cn2)C3)cc1. The van der Waals surface area contributed by atoms with Gasteiger partial charge in [-0.05, 0) is 48.9 Å². The van der Waals surface area contributed by atoms with Crippen molar-refractivity contribution >= 4 is 5.91 Å². The predicted molar refractivity (Wildman–Crippen MR) is 103 cm³/mol. The van der Waals surface area contributed by atoms with E-state index in [0.717, 1.165) is 43.9 Å². The highest BCUT2D eigenvalue weighted by Crippen LogP contribution is 2.29. The molecule has 3 saturated heterocycles. The lowest BCUT2D eigenvalue weighted by atomic mass is 9.95. The van der Waals surface area contributed by atoms with Crippen molar-refractivity contribution < 1.29 is 9.53 Å². The Morgan fingerprint density at radius 3 is 2.70 bits per heavy atom. The van der Waals surface area contributed by atoms with Crippen LogP contribution < -0.4 is 4.74 Å². The van der Waals surface area contributed by atoms with Crippen LogP contribution in [0, 0.1) is 12.8 Å². The van der Waals surface area contributed by atoms with Gasteiger partial charge in [0, 0.05) is 38.4 Å². The smallest absolute Gasteiger partial charge is 0.244 e. The number of rotatable bonds is 5. The number of nitrogens with zero attached hydrogens (tertiary/aromatic N) is 4. The number of fused-ring (bicyclic) bond motifs is 4. The van der Waals surface area contributed by atoms with Crippen LogP contribution in [0.3, 0.4) is 0 Å². The summed E-state index contributed by atoms with van der Waals surface area (Å²) in [6, 6.07) is 8.61. The summed E-state index contributed by atoms with van der Waals surface area (Å²) in [4.78, 5) is 17.5. The highest BCUT2D eigenvalue weighted by Gasteiger charge is 2.37. The van der Waals surface area contributed by atoms with Crippen molar-refractivity contribution in [2.45, 2.75) is 38.9 Å². The second-order valence-corrected chi connectivity index (χ2v) is 7.90. The highest BCUT2D eigenvalue weighted by molar-refractivity contribution is 5.76. The molecule has 0 spiro atoms. The summed E-state index contributed by atoms with van der Waals surface area (Å²) in [5, 5.41) is 4.27. The van der Waals surface area contributed by atoms with Crippen LogP contribution in [0.5, 0.6) is 5.75 Å². The van der Waals surface area contributed by atoms with Gasteiger partial charge in [-0.2, -0.15) is 5.10 Å². The van der Waals surface area contributed by atoms with Crippen LogP contribution in [0.15, 0.2) is 36.7 Å². The number of carbonyl (C=O) groups is 1. The van der Waals surface area contributed by atoms with Gasteiger partial charge in [-0.3, -0.25) is 14.4 Å². The number of carbonyl (C=O) groups excluding carboxylic acids is 1. The number of hydrogen-bond acceptors (Lipinski definition) is 4. The quantitative estimate of drug-likeness (QED) is 0.813. The molecule has 2 bridgehead atoms. The lowest BCUT2D eigenvalue weighted by molar-refractivity contribution is -0.136. The van der Waals surface area contributed by atoms with E-state index in [1.54, 1.807) is 18.0 Å². The zero-order chi connectivity index (χ0) is 18.8. The second-order valence-electron chi connectivity index (χ2n) is 7.90. The molecule has 0 aliphatic carbocycles. The third-order valence-electron chi connectivity index (χ3n) is 5.73. The molecule has 3 aliphatic rings. The molecular weight excluding hydrogens is 340 g/mol. The van der Waals surface area contributed by atoms with E-state index in [1.807, 2.05) is 25.3 Å². The summed E-state index contributed by atoms with van der Waals surface area (Å²) < 4.78 is 7.00. The molecule has 3 fully saturated rings. The molecule has 0 unspecified atom stereocenters. The third kappa shape index (κ3) is 4.16. The van der Waals surface area contributed by atoms with Crippen LogP contribution in [0.4, 0.5) is 0 Å². The lowest BCUT2D eigenvalue weighted by Gasteiger charge is -2.36. The zero-order valence-electron chi connectivity index (χ0n) is 16.2. The summed E-state index contributed by atoms with van der Waals surface area (Å²) in [7, 11) is 1.69. The first-order valence-corrected chi connectivity index (χ1v) is 9.74. The maximum Gasteiger partial charge on any atom is 0.244 e. The van der Waals surface area contributed by atoms with Gasteiger partial charge < -0.3 is 9.64 Å². The average molecular weight is 368 g/mol. The summed E-state index contributed by atoms with van der Waals surface area (Å²) in [5.41, 5.74) is 2.38. The van der Waals surface area contributed by atoms with E-state index in [4.69, 9.17) is 4.74 Å². The molecule has 6 heteroatoms. The monoisotopic (exact) mass is 368 g/mol. The molecule has 6 nitrogen and oxygen atoms in total. The number of ether oxygens (including phenoxy) is 1. The molecule has 0 radical (unpaired) electrons. The standard InChI is InChI=1S/C21H28N4O2/c1-16-9-22-24(10-16)15-21(26)25-13-18-3-6-19(25)14-23(12-18)11-17-4-7-20(27-2)8-5-17/h4-5,7-10,18-19H,3,6,11-15H2,1-2H3/t18-,19+/m0/s1. The largest absolute Gasteiger partial charge is 0.497 e. The first-order chi connectivity index (χ1) is 13.1. The number of hydrogen-bond donors (Lipinski definition) is 0. The normalized spacial score (nSPS) is 22.7. The number of methoxy groups -OCH3 is 1. The molecule has 2 aromatic rings. The highest BCUT2D eigenvalue weighted by atomic mass is 16.5. The molecule has 27 heavy (non-hydrogen) atoms. The van der Waals surface area contributed by atoms with Crippen LogP contribution >= 0.6 is 0 Å². The fourth-order valence-electron chi connectivity index (χ4n) is 4.39. The second kappa shape index (κ2) is 7.72. The van der Waals surface area contributed by atoms with Gasteiger partial charge in [0.15, 0.2) is 0 Å². The van der Waals surface area contributed by atoms with Crippen LogP contribution in [0.2, 0.25) is 0 Å². The van der Waals surface area contributed by atoms with E-state index in [9.17, 15) is 4.79 Å². The first-order valence-electron chi connectivity index (χ1n) is 9.74. The molecule has 1 amide bonds. The number of aryl methyl sites for hydroxylation is 1. The van der Waals surface area contributed by atoms with Gasteiger partial charge in [0.25, 0.3) is 0 Å². The van der Waals surface area contributed by atoms with Gasteiger partial charge in [0.2, 0.25) is 5.91 Å². The van der Waals surface area contributed by atoms with E-state index in [0.29, 0.717) is 18.5 Å². The summed E-state index contributed by atoms with van der Waals surface area (Å²) >= 11 is 0. The van der Waals surface area contributed by atoms with Crippen molar-refractivity contribution in [3.8, 4) is 5.75 Å². The molecule has 144 valence electrons. The summed E-state index contributed by atoms with van der Waals surface area (Å²) in [6.07, 6.45) is 6.06. The Labute approximate surface area is 160 Å². The Balaban J connectivity index is 1.41. The first kappa shape index (κ1) is 18.0. The predicted octanol–water partition coefficient (Wildman–Crippen LogP) is 2.32. The third-order valence-corrected chi connectivity index (χ3v) is 5.73. The van der Waals surface area contributed by atoms with Crippen LogP contribution in [-0.2, 0) is 17.9 Å². The van der Waals surface area contributed by atoms with Crippen molar-refractivity contribution in [1.82, 2.24) is 19.6 Å². The van der Waals surface area contributed by atoms with E-state index in [-0.39, 0.29) is 5.91 Å². The Hall–Kier alpha value is -2.34. The van der Waals surface area contributed by atoms with Gasteiger partial charge in [0.1, 0.15) is 12.3 Å². The molecule has 0 N–H and O–H groups in total. The van der Waals surface area contributed by atoms with Crippen LogP contribution in [-0.4, -0.2) is 58.3 Å². The summed E-state index contributed by atoms with van der Waals surface area (Å²) in [5.74, 6) is 1.64. The number of amides is 1. The average Bonchev–Trinajstić information content (AvgIpc) is 2.88. The Morgan fingerprint density at radius 2 is 2.00 bits per heavy atom. The molecule has 4 heterocycles. The van der Waals surface area contributed by atoms with Gasteiger partial charge in [-0.15, -0.1) is 0 Å². The number of benzene rings is 1. The molecule has 1 aromatic heterocycles. The topological polar surface area (TPSA) is 50.6 Å². The minimum absolute atomic E-state index is 0.194. The van der Waals surface area contributed by atoms with E-state index in [1.165, 1.54) is 12.0 Å². The molecule has 3 aliphatic heterocycles. The van der Waals surface area contributed by atoms with E-state index in [2.05, 4.69) is 27.0 Å². The molecule has 5 rings (SSSR count). The molecule has 0 saturated carbocycles. The summed E-state index contributed by atoms with van der Waals surface area (Å²) in [6.45, 7) is 6.16. The van der Waals surface area contributed by atoms with Crippen molar-refractivity contribution in [2.24, 2.45) is 5.92 Å². The number of piperidine rings is 1.